The number of rotatable bonds is 5. The molecule has 0 radical (unpaired) electrons. The molecule has 0 unspecified atom stereocenters. The summed E-state index contributed by atoms with van der Waals surface area (Å²) < 4.78 is 5.89. The van der Waals surface area contributed by atoms with E-state index in [0.29, 0.717) is 12.5 Å². The number of aryl methyl sites for hydroxylation is 1. The Labute approximate surface area is 128 Å². The summed E-state index contributed by atoms with van der Waals surface area (Å²) in [6, 6.07) is 0. The maximum atomic E-state index is 12.3. The molecule has 2 heterocycles. The minimum atomic E-state index is -0.102. The molecule has 0 atom stereocenters. The van der Waals surface area contributed by atoms with Crippen LogP contribution in [0.3, 0.4) is 0 Å². The third-order valence-corrected chi connectivity index (χ3v) is 4.52. The monoisotopic (exact) mass is 302 g/mol. The number of carbonyl (C=O) groups excluding carboxylic acids is 1. The Bertz CT molecular complexity index is 643. The van der Waals surface area contributed by atoms with E-state index in [4.69, 9.17) is 0 Å². The van der Waals surface area contributed by atoms with Gasteiger partial charge in [0.1, 0.15) is 0 Å². The van der Waals surface area contributed by atoms with Crippen molar-refractivity contribution in [1.82, 2.24) is 14.2 Å². The van der Waals surface area contributed by atoms with Crippen LogP contribution in [-0.2, 0) is 18.4 Å². The normalized spacial score (nSPS) is 14.7. The van der Waals surface area contributed by atoms with Gasteiger partial charge in [-0.25, -0.2) is 4.37 Å². The number of carbonyl (C=O) groups is 1. The van der Waals surface area contributed by atoms with Crippen molar-refractivity contribution >= 4 is 23.1 Å². The van der Waals surface area contributed by atoms with Crippen LogP contribution in [0.5, 0.6) is 0 Å². The van der Waals surface area contributed by atoms with Crippen molar-refractivity contribution < 1.29 is 4.79 Å². The van der Waals surface area contributed by atoms with E-state index in [1.54, 1.807) is 15.8 Å². The van der Waals surface area contributed by atoms with Gasteiger partial charge in [0.25, 0.3) is 5.91 Å². The average molecular weight is 302 g/mol. The Morgan fingerprint density at radius 1 is 1.62 bits per heavy atom. The highest BCUT2D eigenvalue weighted by Crippen LogP contribution is 2.40. The Morgan fingerprint density at radius 3 is 3.00 bits per heavy atom. The zero-order valence-electron chi connectivity index (χ0n) is 12.0. The van der Waals surface area contributed by atoms with Gasteiger partial charge in [-0.2, -0.15) is 5.10 Å². The summed E-state index contributed by atoms with van der Waals surface area (Å²) in [5.74, 6) is 0.372. The predicted molar refractivity (Wildman–Crippen MR) is 83.3 cm³/mol. The van der Waals surface area contributed by atoms with E-state index in [0.717, 1.165) is 29.8 Å². The van der Waals surface area contributed by atoms with Crippen molar-refractivity contribution in [3.63, 3.8) is 0 Å². The van der Waals surface area contributed by atoms with Crippen LogP contribution < -0.4 is 4.90 Å². The van der Waals surface area contributed by atoms with Gasteiger partial charge in [0.15, 0.2) is 0 Å². The highest BCUT2D eigenvalue weighted by Gasteiger charge is 2.29. The van der Waals surface area contributed by atoms with Gasteiger partial charge in [0.05, 0.1) is 17.9 Å². The number of nitrogens with zero attached hydrogens (tertiary/aromatic N) is 4. The van der Waals surface area contributed by atoms with Crippen LogP contribution >= 0.6 is 11.5 Å². The summed E-state index contributed by atoms with van der Waals surface area (Å²) in [7, 11) is 1.90. The molecular formula is C15H18N4OS. The third-order valence-electron chi connectivity index (χ3n) is 3.88. The molecular weight excluding hydrogens is 284 g/mol. The maximum absolute atomic E-state index is 12.3. The first kappa shape index (κ1) is 14.0. The molecule has 3 rings (SSSR count). The molecule has 6 heteroatoms. The smallest absolute Gasteiger partial charge is 0.250 e. The Balaban J connectivity index is 1.95. The second kappa shape index (κ2) is 5.81. The van der Waals surface area contributed by atoms with Crippen molar-refractivity contribution in [2.75, 3.05) is 4.90 Å². The standard InChI is InChI=1S/C15H18N4OS/c1-3-14(20)19(8-11-7-16-21-10-11)13-9-18(2)17-15(13)12-5-4-6-12/h3,7,9-10,12H,1,4-6,8H2,2H3. The summed E-state index contributed by atoms with van der Waals surface area (Å²) in [4.78, 5) is 14.0. The molecule has 1 fully saturated rings. The molecule has 1 aliphatic carbocycles. The van der Waals surface area contributed by atoms with E-state index in [1.165, 1.54) is 24.0 Å². The summed E-state index contributed by atoms with van der Waals surface area (Å²) in [5, 5.41) is 6.54. The van der Waals surface area contributed by atoms with Gasteiger partial charge in [0, 0.05) is 36.3 Å². The molecule has 1 saturated carbocycles. The molecule has 0 aliphatic heterocycles. The van der Waals surface area contributed by atoms with Crippen LogP contribution in [0.25, 0.3) is 0 Å². The van der Waals surface area contributed by atoms with Gasteiger partial charge in [0.2, 0.25) is 0 Å². The molecule has 0 N–H and O–H groups in total. The molecule has 2 aromatic rings. The highest BCUT2D eigenvalue weighted by atomic mass is 32.1. The number of hydrogen-bond acceptors (Lipinski definition) is 4. The Morgan fingerprint density at radius 2 is 2.43 bits per heavy atom. The summed E-state index contributed by atoms with van der Waals surface area (Å²) in [6.45, 7) is 4.13. The fourth-order valence-corrected chi connectivity index (χ4v) is 3.08. The van der Waals surface area contributed by atoms with E-state index in [2.05, 4.69) is 16.1 Å². The zero-order chi connectivity index (χ0) is 14.8. The van der Waals surface area contributed by atoms with Crippen molar-refractivity contribution in [3.05, 3.63) is 41.7 Å². The summed E-state index contributed by atoms with van der Waals surface area (Å²) in [5.41, 5.74) is 2.96. The van der Waals surface area contributed by atoms with Crippen LogP contribution in [-0.4, -0.2) is 20.1 Å². The lowest BCUT2D eigenvalue weighted by Gasteiger charge is -2.27. The number of hydrogen-bond donors (Lipinski definition) is 0. The van der Waals surface area contributed by atoms with E-state index in [9.17, 15) is 4.79 Å². The van der Waals surface area contributed by atoms with Crippen LogP contribution in [0.2, 0.25) is 0 Å². The summed E-state index contributed by atoms with van der Waals surface area (Å²) >= 11 is 1.39. The fourth-order valence-electron chi connectivity index (χ4n) is 2.55. The first-order valence-electron chi connectivity index (χ1n) is 7.04. The summed E-state index contributed by atoms with van der Waals surface area (Å²) in [6.07, 6.45) is 8.63. The van der Waals surface area contributed by atoms with E-state index < -0.39 is 0 Å². The van der Waals surface area contributed by atoms with E-state index >= 15 is 0 Å². The molecule has 1 amide bonds. The number of amides is 1. The highest BCUT2D eigenvalue weighted by molar-refractivity contribution is 7.03. The molecule has 110 valence electrons. The van der Waals surface area contributed by atoms with E-state index in [1.807, 2.05) is 18.6 Å². The molecule has 0 saturated heterocycles. The zero-order valence-corrected chi connectivity index (χ0v) is 12.8. The van der Waals surface area contributed by atoms with Gasteiger partial charge in [-0.05, 0) is 30.5 Å². The Kier molecular flexibility index (Phi) is 3.88. The van der Waals surface area contributed by atoms with E-state index in [-0.39, 0.29) is 5.91 Å². The molecule has 2 aromatic heterocycles. The topological polar surface area (TPSA) is 51.0 Å². The largest absolute Gasteiger partial charge is 0.301 e. The van der Waals surface area contributed by atoms with Crippen molar-refractivity contribution in [3.8, 4) is 0 Å². The van der Waals surface area contributed by atoms with Gasteiger partial charge < -0.3 is 4.90 Å². The molecule has 0 spiro atoms. The lowest BCUT2D eigenvalue weighted by molar-refractivity contribution is -0.114. The van der Waals surface area contributed by atoms with Gasteiger partial charge in [-0.3, -0.25) is 9.48 Å². The third kappa shape index (κ3) is 2.76. The van der Waals surface area contributed by atoms with Crippen LogP contribution in [0.1, 0.15) is 36.4 Å². The van der Waals surface area contributed by atoms with Crippen molar-refractivity contribution in [2.45, 2.75) is 31.7 Å². The minimum absolute atomic E-state index is 0.102. The lowest BCUT2D eigenvalue weighted by atomic mass is 9.82. The molecule has 1 aliphatic rings. The lowest BCUT2D eigenvalue weighted by Crippen LogP contribution is -2.29. The number of anilines is 1. The quantitative estimate of drug-likeness (QED) is 0.798. The Hall–Kier alpha value is -1.95. The maximum Gasteiger partial charge on any atom is 0.250 e. The van der Waals surface area contributed by atoms with Gasteiger partial charge in [-0.15, -0.1) is 0 Å². The van der Waals surface area contributed by atoms with Crippen LogP contribution in [0, 0.1) is 0 Å². The van der Waals surface area contributed by atoms with Crippen LogP contribution in [0.4, 0.5) is 5.69 Å². The van der Waals surface area contributed by atoms with Gasteiger partial charge >= 0.3 is 0 Å². The van der Waals surface area contributed by atoms with Crippen LogP contribution in [0.15, 0.2) is 30.4 Å². The second-order valence-electron chi connectivity index (χ2n) is 5.36. The van der Waals surface area contributed by atoms with Crippen molar-refractivity contribution in [2.24, 2.45) is 7.05 Å². The predicted octanol–water partition coefficient (Wildman–Crippen LogP) is 2.86. The molecule has 5 nitrogen and oxygen atoms in total. The van der Waals surface area contributed by atoms with Crippen molar-refractivity contribution in [1.29, 1.82) is 0 Å². The molecule has 0 aromatic carbocycles. The van der Waals surface area contributed by atoms with Gasteiger partial charge in [-0.1, -0.05) is 13.0 Å². The fraction of sp³-hybridized carbons (Fsp3) is 0.400. The SMILES string of the molecule is C=CC(=O)N(Cc1cnsc1)c1cn(C)nc1C1CCC1. The first-order valence-corrected chi connectivity index (χ1v) is 7.88. The average Bonchev–Trinajstić information content (AvgIpc) is 3.03. The minimum Gasteiger partial charge on any atom is -0.301 e. The molecule has 21 heavy (non-hydrogen) atoms. The first-order chi connectivity index (χ1) is 10.2. The number of aromatic nitrogens is 3. The molecule has 0 bridgehead atoms. The second-order valence-corrected chi connectivity index (χ2v) is 6.02.